The number of hydrogen-bond acceptors (Lipinski definition) is 5. The van der Waals surface area contributed by atoms with Crippen LogP contribution in [-0.4, -0.2) is 56.0 Å². The lowest BCUT2D eigenvalue weighted by molar-refractivity contribution is -0.149. The molecule has 3 N–H and O–H groups in total. The fourth-order valence-electron chi connectivity index (χ4n) is 4.40. The van der Waals surface area contributed by atoms with Gasteiger partial charge in [-0.25, -0.2) is 9.59 Å². The number of benzene rings is 2. The molecule has 0 heterocycles. The maximum absolute atomic E-state index is 12.5. The molecule has 0 saturated carbocycles. The van der Waals surface area contributed by atoms with Crippen LogP contribution in [0, 0.1) is 11.8 Å². The van der Waals surface area contributed by atoms with Gasteiger partial charge >= 0.3 is 12.1 Å². The van der Waals surface area contributed by atoms with E-state index < -0.39 is 18.2 Å². The molecular formula is C27H34N2O6. The standard InChI is InChI=1S/C27H34N2O6/c1-17(2)18(14-25(30)28-13-12-24(34-3)26(31)32)15-29-27(33)35-16-23-21-10-6-4-8-19(21)20-9-5-7-11-22(20)23/h4-11,17-18,23-24H,12-16H2,1-3H3,(H,28,30)(H,29,33)(H,31,32). The van der Waals surface area contributed by atoms with Crippen molar-refractivity contribution in [1.29, 1.82) is 0 Å². The van der Waals surface area contributed by atoms with E-state index >= 15 is 0 Å². The fraction of sp³-hybridized carbons (Fsp3) is 0.444. The maximum Gasteiger partial charge on any atom is 0.407 e. The van der Waals surface area contributed by atoms with Gasteiger partial charge in [0.05, 0.1) is 0 Å². The second-order valence-electron chi connectivity index (χ2n) is 9.12. The second-order valence-corrected chi connectivity index (χ2v) is 9.12. The van der Waals surface area contributed by atoms with Gasteiger partial charge in [0, 0.05) is 39.0 Å². The van der Waals surface area contributed by atoms with E-state index in [2.05, 4.69) is 34.9 Å². The zero-order valence-electron chi connectivity index (χ0n) is 20.5. The highest BCUT2D eigenvalue weighted by Crippen LogP contribution is 2.44. The molecule has 8 heteroatoms. The Morgan fingerprint density at radius 3 is 2.11 bits per heavy atom. The van der Waals surface area contributed by atoms with Gasteiger partial charge in [-0.1, -0.05) is 62.4 Å². The zero-order chi connectivity index (χ0) is 25.4. The first-order valence-corrected chi connectivity index (χ1v) is 11.9. The first kappa shape index (κ1) is 26.2. The van der Waals surface area contributed by atoms with Crippen LogP contribution in [0.25, 0.3) is 11.1 Å². The van der Waals surface area contributed by atoms with Gasteiger partial charge in [-0.05, 0) is 34.1 Å². The molecule has 0 saturated heterocycles. The van der Waals surface area contributed by atoms with Crippen LogP contribution in [0.15, 0.2) is 48.5 Å². The van der Waals surface area contributed by atoms with Crippen LogP contribution >= 0.6 is 0 Å². The molecule has 8 nitrogen and oxygen atoms in total. The smallest absolute Gasteiger partial charge is 0.407 e. The lowest BCUT2D eigenvalue weighted by atomic mass is 9.92. The van der Waals surface area contributed by atoms with E-state index in [1.807, 2.05) is 38.1 Å². The maximum atomic E-state index is 12.5. The predicted molar refractivity (Wildman–Crippen MR) is 132 cm³/mol. The molecule has 0 bridgehead atoms. The van der Waals surface area contributed by atoms with Crippen molar-refractivity contribution in [1.82, 2.24) is 10.6 Å². The molecule has 0 spiro atoms. The van der Waals surface area contributed by atoms with Crippen molar-refractivity contribution in [3.05, 3.63) is 59.7 Å². The molecular weight excluding hydrogens is 448 g/mol. The van der Waals surface area contributed by atoms with Gasteiger partial charge in [0.15, 0.2) is 6.10 Å². The number of alkyl carbamates (subject to hydrolysis) is 1. The van der Waals surface area contributed by atoms with E-state index in [1.165, 1.54) is 18.2 Å². The van der Waals surface area contributed by atoms with Crippen molar-refractivity contribution in [2.24, 2.45) is 11.8 Å². The van der Waals surface area contributed by atoms with E-state index in [4.69, 9.17) is 14.6 Å². The summed E-state index contributed by atoms with van der Waals surface area (Å²) >= 11 is 0. The number of amides is 2. The largest absolute Gasteiger partial charge is 0.479 e. The third-order valence-corrected chi connectivity index (χ3v) is 6.53. The number of fused-ring (bicyclic) bond motifs is 3. The van der Waals surface area contributed by atoms with Crippen LogP contribution in [0.3, 0.4) is 0 Å². The minimum absolute atomic E-state index is 0.0125. The number of nitrogens with one attached hydrogen (secondary N) is 2. The summed E-state index contributed by atoms with van der Waals surface area (Å²) in [7, 11) is 1.32. The van der Waals surface area contributed by atoms with Crippen LogP contribution in [0.4, 0.5) is 4.79 Å². The highest BCUT2D eigenvalue weighted by molar-refractivity contribution is 5.79. The van der Waals surface area contributed by atoms with Crippen LogP contribution in [-0.2, 0) is 19.1 Å². The third kappa shape index (κ3) is 6.82. The Bertz CT molecular complexity index is 992. The van der Waals surface area contributed by atoms with Crippen molar-refractivity contribution >= 4 is 18.0 Å². The van der Waals surface area contributed by atoms with E-state index in [0.29, 0.717) is 6.54 Å². The highest BCUT2D eigenvalue weighted by Gasteiger charge is 2.29. The Kier molecular flexibility index (Phi) is 9.25. The molecule has 1 aliphatic rings. The molecule has 2 unspecified atom stereocenters. The molecule has 2 amide bonds. The minimum Gasteiger partial charge on any atom is -0.479 e. The van der Waals surface area contributed by atoms with Crippen LogP contribution < -0.4 is 10.6 Å². The van der Waals surface area contributed by atoms with Crippen LogP contribution in [0.2, 0.25) is 0 Å². The number of methoxy groups -OCH3 is 1. The SMILES string of the molecule is COC(CCNC(=O)CC(CNC(=O)OCC1c2ccccc2-c2ccccc21)C(C)C)C(=O)O. The van der Waals surface area contributed by atoms with Gasteiger partial charge in [0.1, 0.15) is 6.61 Å². The van der Waals surface area contributed by atoms with Gasteiger partial charge in [-0.15, -0.1) is 0 Å². The van der Waals surface area contributed by atoms with Crippen molar-refractivity contribution in [2.45, 2.75) is 38.7 Å². The van der Waals surface area contributed by atoms with Crippen LogP contribution in [0.5, 0.6) is 0 Å². The second kappa shape index (κ2) is 12.4. The molecule has 2 aromatic carbocycles. The van der Waals surface area contributed by atoms with E-state index in [9.17, 15) is 14.4 Å². The molecule has 3 rings (SSSR count). The number of ether oxygens (including phenoxy) is 2. The third-order valence-electron chi connectivity index (χ3n) is 6.53. The van der Waals surface area contributed by atoms with Crippen LogP contribution in [0.1, 0.15) is 43.7 Å². The Morgan fingerprint density at radius 2 is 1.57 bits per heavy atom. The average Bonchev–Trinajstić information content (AvgIpc) is 3.16. The van der Waals surface area contributed by atoms with Gasteiger partial charge in [0.25, 0.3) is 0 Å². The molecule has 0 aliphatic heterocycles. The van der Waals surface area contributed by atoms with Crippen molar-refractivity contribution in [3.63, 3.8) is 0 Å². The topological polar surface area (TPSA) is 114 Å². The normalized spacial score (nSPS) is 14.1. The van der Waals surface area contributed by atoms with Crippen molar-refractivity contribution < 1.29 is 29.0 Å². The summed E-state index contributed by atoms with van der Waals surface area (Å²) in [6.07, 6.45) is -1.07. The zero-order valence-corrected chi connectivity index (χ0v) is 20.5. The molecule has 1 aliphatic carbocycles. The molecule has 0 aromatic heterocycles. The quantitative estimate of drug-likeness (QED) is 0.424. The summed E-state index contributed by atoms with van der Waals surface area (Å²) in [4.78, 5) is 35.8. The minimum atomic E-state index is -1.06. The Hall–Kier alpha value is -3.39. The first-order valence-electron chi connectivity index (χ1n) is 11.9. The van der Waals surface area contributed by atoms with Gasteiger partial charge in [-0.2, -0.15) is 0 Å². The molecule has 0 fully saturated rings. The van der Waals surface area contributed by atoms with E-state index in [-0.39, 0.29) is 49.7 Å². The monoisotopic (exact) mass is 482 g/mol. The lowest BCUT2D eigenvalue weighted by Gasteiger charge is -2.21. The summed E-state index contributed by atoms with van der Waals surface area (Å²) in [6.45, 7) is 4.72. The molecule has 35 heavy (non-hydrogen) atoms. The number of carboxylic acids is 1. The van der Waals surface area contributed by atoms with E-state index in [1.54, 1.807) is 0 Å². The van der Waals surface area contributed by atoms with Crippen molar-refractivity contribution in [3.8, 4) is 11.1 Å². The lowest BCUT2D eigenvalue weighted by Crippen LogP contribution is -2.37. The summed E-state index contributed by atoms with van der Waals surface area (Å²) in [5, 5.41) is 14.5. The molecule has 0 radical (unpaired) electrons. The number of rotatable bonds is 12. The Morgan fingerprint density at radius 1 is 0.971 bits per heavy atom. The number of carbonyl (C=O) groups is 3. The van der Waals surface area contributed by atoms with E-state index in [0.717, 1.165) is 11.1 Å². The van der Waals surface area contributed by atoms with Crippen molar-refractivity contribution in [2.75, 3.05) is 26.8 Å². The summed E-state index contributed by atoms with van der Waals surface area (Å²) < 4.78 is 10.4. The van der Waals surface area contributed by atoms with Gasteiger partial charge in [-0.3, -0.25) is 4.79 Å². The summed E-state index contributed by atoms with van der Waals surface area (Å²) in [5.41, 5.74) is 4.64. The van der Waals surface area contributed by atoms with Gasteiger partial charge in [0.2, 0.25) is 5.91 Å². The molecule has 2 atom stereocenters. The number of carbonyl (C=O) groups excluding carboxylic acids is 2. The summed E-state index contributed by atoms with van der Waals surface area (Å²) in [6, 6.07) is 16.3. The number of aliphatic carboxylic acids is 1. The summed E-state index contributed by atoms with van der Waals surface area (Å²) in [5.74, 6) is -1.21. The Labute approximate surface area is 206 Å². The Balaban J connectivity index is 1.47. The van der Waals surface area contributed by atoms with Gasteiger partial charge < -0.3 is 25.2 Å². The molecule has 2 aromatic rings. The number of hydrogen-bond donors (Lipinski definition) is 3. The molecule has 188 valence electrons. The average molecular weight is 483 g/mol. The predicted octanol–water partition coefficient (Wildman–Crippen LogP) is 3.79. The number of carboxylic acid groups (broad SMARTS) is 1. The first-order chi connectivity index (χ1) is 16.8. The highest BCUT2D eigenvalue weighted by atomic mass is 16.5. The fourth-order valence-corrected chi connectivity index (χ4v) is 4.40.